The van der Waals surface area contributed by atoms with Crippen molar-refractivity contribution in [1.29, 1.82) is 0 Å². The number of hydrogen-bond acceptors (Lipinski definition) is 9. The van der Waals surface area contributed by atoms with Gasteiger partial charge in [-0.1, -0.05) is 18.5 Å². The summed E-state index contributed by atoms with van der Waals surface area (Å²) < 4.78 is 23.2. The van der Waals surface area contributed by atoms with Crippen molar-refractivity contribution in [3.05, 3.63) is 34.9 Å². The zero-order chi connectivity index (χ0) is 31.9. The van der Waals surface area contributed by atoms with Crippen LogP contribution in [-0.4, -0.2) is 104 Å². The quantitative estimate of drug-likeness (QED) is 0.268. The number of hydrogen-bond donors (Lipinski definition) is 2. The van der Waals surface area contributed by atoms with Gasteiger partial charge in [0.15, 0.2) is 5.82 Å². The van der Waals surface area contributed by atoms with Crippen molar-refractivity contribution in [1.82, 2.24) is 34.9 Å². The number of piperidine rings is 1. The Bertz CT molecular complexity index is 1770. The number of nitrogens with one attached hydrogen (secondary N) is 1. The Morgan fingerprint density at radius 1 is 1.17 bits per heavy atom. The average Bonchev–Trinajstić information content (AvgIpc) is 3.82. The van der Waals surface area contributed by atoms with E-state index < -0.39 is 5.82 Å². The molecule has 0 saturated carbocycles. The summed E-state index contributed by atoms with van der Waals surface area (Å²) in [5.74, 6) is 0.560. The largest absolute Gasteiger partial charge is 0.462 e. The van der Waals surface area contributed by atoms with E-state index in [-0.39, 0.29) is 41.8 Å². The average molecular weight is 651 g/mol. The van der Waals surface area contributed by atoms with E-state index in [1.54, 1.807) is 18.5 Å². The minimum atomic E-state index is -0.600. The van der Waals surface area contributed by atoms with Crippen LogP contribution < -0.4 is 9.64 Å². The maximum absolute atomic E-state index is 17.0. The molecule has 3 aliphatic heterocycles. The van der Waals surface area contributed by atoms with Crippen LogP contribution in [0.25, 0.3) is 33.1 Å². The lowest BCUT2D eigenvalue weighted by molar-refractivity contribution is -0.132. The normalized spacial score (nSPS) is 21.9. The van der Waals surface area contributed by atoms with Gasteiger partial charge in [0.05, 0.1) is 23.1 Å². The summed E-state index contributed by atoms with van der Waals surface area (Å²) in [5, 5.41) is 18.3. The summed E-state index contributed by atoms with van der Waals surface area (Å²) in [6.07, 6.45) is 8.67. The number of pyridine rings is 1. The molecule has 1 aromatic carbocycles. The van der Waals surface area contributed by atoms with Gasteiger partial charge in [-0.15, -0.1) is 0 Å². The number of nitrogens with zero attached hydrogens (tertiary/aromatic N) is 7. The zero-order valence-electron chi connectivity index (χ0n) is 26.3. The number of halogens is 2. The van der Waals surface area contributed by atoms with E-state index in [0.717, 1.165) is 45.3 Å². The second kappa shape index (κ2) is 12.9. The molecule has 0 spiro atoms. The fraction of sp³-hybridized carbons (Fsp3) is 0.545. The Kier molecular flexibility index (Phi) is 8.69. The number of likely N-dealkylation sites (N-methyl/N-ethyl adjacent to an activating group) is 1. The number of rotatable bonds is 9. The number of aliphatic hydroxyl groups is 1. The summed E-state index contributed by atoms with van der Waals surface area (Å²) in [6, 6.07) is 2.20. The molecule has 3 aliphatic rings. The van der Waals surface area contributed by atoms with E-state index in [1.807, 2.05) is 11.8 Å². The molecule has 2 N–H and O–H groups in total. The maximum atomic E-state index is 17.0. The van der Waals surface area contributed by atoms with Gasteiger partial charge in [0.1, 0.15) is 23.6 Å². The van der Waals surface area contributed by atoms with Gasteiger partial charge in [0.25, 0.3) is 0 Å². The number of carbonyl (C=O) groups excluding carboxylic acids is 1. The maximum Gasteiger partial charge on any atom is 0.319 e. The fourth-order valence-electron chi connectivity index (χ4n) is 7.58. The number of aromatic amines is 1. The number of likely N-dealkylation sites (tertiary alicyclic amines) is 2. The molecular formula is C33H40ClFN8O3. The fourth-order valence-corrected chi connectivity index (χ4v) is 7.88. The van der Waals surface area contributed by atoms with Crippen LogP contribution in [-0.2, 0) is 11.2 Å². The summed E-state index contributed by atoms with van der Waals surface area (Å²) in [7, 11) is 2.08. The standard InChI is InChI=1S/C33H40ClFN8O3/c1-3-27(45)43-12-9-19-8-11-42(17-26(19)43)32-23-15-36-31(28-21(7-5-13-44)24(34)14-25-22(28)16-37-40-25)29(35)30(23)38-33(39-32)46-18-20-6-4-10-41(20)2/h14-16,19-20,26,44H,3-13,17-18H2,1-2H3,(H,37,40)/t19-,20-,26-/m0/s1. The van der Waals surface area contributed by atoms with Gasteiger partial charge >= 0.3 is 6.01 Å². The summed E-state index contributed by atoms with van der Waals surface area (Å²) in [4.78, 5) is 33.4. The van der Waals surface area contributed by atoms with Crippen molar-refractivity contribution in [2.75, 3.05) is 51.3 Å². The van der Waals surface area contributed by atoms with Gasteiger partial charge in [-0.25, -0.2) is 4.39 Å². The van der Waals surface area contributed by atoms with Gasteiger partial charge in [-0.05, 0) is 69.7 Å². The van der Waals surface area contributed by atoms with E-state index in [2.05, 4.69) is 37.0 Å². The van der Waals surface area contributed by atoms with Gasteiger partial charge in [0.2, 0.25) is 5.91 Å². The van der Waals surface area contributed by atoms with E-state index in [9.17, 15) is 9.90 Å². The topological polar surface area (TPSA) is 124 Å². The lowest BCUT2D eigenvalue weighted by Crippen LogP contribution is -2.50. The SMILES string of the molecule is CCC(=O)N1CC[C@@H]2CCN(c3nc(OC[C@@H]4CCCN4C)nc4c(F)c(-c5c(CCCO)c(Cl)cc6[nH]ncc56)ncc34)C[C@@H]21. The molecule has 0 radical (unpaired) electrons. The number of aromatic nitrogens is 5. The number of carbonyl (C=O) groups is 1. The van der Waals surface area contributed by atoms with Crippen molar-refractivity contribution in [3.63, 3.8) is 0 Å². The molecule has 0 bridgehead atoms. The third-order valence-corrected chi connectivity index (χ3v) is 10.5. The van der Waals surface area contributed by atoms with Crippen LogP contribution in [0.2, 0.25) is 5.02 Å². The molecule has 6 heterocycles. The highest BCUT2D eigenvalue weighted by Gasteiger charge is 2.41. The summed E-state index contributed by atoms with van der Waals surface area (Å²) in [5.41, 5.74) is 2.10. The van der Waals surface area contributed by atoms with Crippen LogP contribution in [0.15, 0.2) is 18.5 Å². The van der Waals surface area contributed by atoms with Crippen molar-refractivity contribution in [2.24, 2.45) is 5.92 Å². The first-order valence-corrected chi connectivity index (χ1v) is 16.7. The van der Waals surface area contributed by atoms with Crippen molar-refractivity contribution < 1.29 is 19.0 Å². The minimum absolute atomic E-state index is 0.0285. The van der Waals surface area contributed by atoms with E-state index in [1.165, 1.54) is 0 Å². The number of amides is 1. The smallest absolute Gasteiger partial charge is 0.319 e. The predicted molar refractivity (Wildman–Crippen MR) is 175 cm³/mol. The molecule has 4 aromatic rings. The van der Waals surface area contributed by atoms with Gasteiger partial charge in [-0.2, -0.15) is 15.1 Å². The Morgan fingerprint density at radius 3 is 2.80 bits per heavy atom. The number of aliphatic hydroxyl groups excluding tert-OH is 1. The van der Waals surface area contributed by atoms with E-state index in [4.69, 9.17) is 21.3 Å². The molecule has 1 amide bonds. The molecule has 0 unspecified atom stereocenters. The van der Waals surface area contributed by atoms with Crippen LogP contribution in [0, 0.1) is 11.7 Å². The van der Waals surface area contributed by atoms with Crippen LogP contribution in [0.1, 0.15) is 51.0 Å². The molecular weight excluding hydrogens is 611 g/mol. The Balaban J connectivity index is 1.34. The third-order valence-electron chi connectivity index (χ3n) is 10.1. The number of H-pyrrole nitrogens is 1. The molecule has 13 heteroatoms. The van der Waals surface area contributed by atoms with Crippen molar-refractivity contribution in [2.45, 2.75) is 64.0 Å². The van der Waals surface area contributed by atoms with Crippen LogP contribution in [0.5, 0.6) is 6.01 Å². The molecule has 244 valence electrons. The molecule has 0 aliphatic carbocycles. The monoisotopic (exact) mass is 650 g/mol. The van der Waals surface area contributed by atoms with E-state index >= 15 is 4.39 Å². The van der Waals surface area contributed by atoms with Gasteiger partial charge in [-0.3, -0.25) is 14.9 Å². The first kappa shape index (κ1) is 31.0. The van der Waals surface area contributed by atoms with E-state index in [0.29, 0.717) is 76.6 Å². The van der Waals surface area contributed by atoms with Crippen LogP contribution in [0.3, 0.4) is 0 Å². The number of fused-ring (bicyclic) bond motifs is 3. The summed E-state index contributed by atoms with van der Waals surface area (Å²) in [6.45, 7) is 5.38. The highest BCUT2D eigenvalue weighted by molar-refractivity contribution is 6.33. The molecule has 3 fully saturated rings. The number of ether oxygens (including phenoxy) is 1. The highest BCUT2D eigenvalue weighted by atomic mass is 35.5. The molecule has 3 atom stereocenters. The predicted octanol–water partition coefficient (Wildman–Crippen LogP) is 4.60. The number of benzene rings is 1. The molecule has 3 saturated heterocycles. The van der Waals surface area contributed by atoms with Gasteiger partial charge in [0, 0.05) is 60.9 Å². The minimum Gasteiger partial charge on any atom is -0.462 e. The molecule has 11 nitrogen and oxygen atoms in total. The molecule has 46 heavy (non-hydrogen) atoms. The zero-order valence-corrected chi connectivity index (χ0v) is 27.1. The van der Waals surface area contributed by atoms with Crippen LogP contribution >= 0.6 is 11.6 Å². The Labute approximate surface area is 272 Å². The van der Waals surface area contributed by atoms with Crippen molar-refractivity contribution in [3.8, 4) is 17.3 Å². The molecule has 7 rings (SSSR count). The Morgan fingerprint density at radius 2 is 2.02 bits per heavy atom. The number of anilines is 1. The lowest BCUT2D eigenvalue weighted by Gasteiger charge is -2.39. The lowest BCUT2D eigenvalue weighted by atomic mass is 9.92. The summed E-state index contributed by atoms with van der Waals surface area (Å²) >= 11 is 6.71. The molecule has 3 aromatic heterocycles. The third kappa shape index (κ3) is 5.54. The van der Waals surface area contributed by atoms with Crippen molar-refractivity contribution >= 4 is 45.1 Å². The second-order valence-corrected chi connectivity index (χ2v) is 13.2. The second-order valence-electron chi connectivity index (χ2n) is 12.8. The highest BCUT2D eigenvalue weighted by Crippen LogP contribution is 2.41. The Hall–Kier alpha value is -3.61. The van der Waals surface area contributed by atoms with Gasteiger partial charge < -0.3 is 24.5 Å². The first-order valence-electron chi connectivity index (χ1n) is 16.4. The van der Waals surface area contributed by atoms with Crippen LogP contribution in [0.4, 0.5) is 10.2 Å². The first-order chi connectivity index (χ1) is 22.4.